The van der Waals surface area contributed by atoms with Gasteiger partial charge in [0.05, 0.1) is 18.2 Å². The minimum absolute atomic E-state index is 0.00293. The summed E-state index contributed by atoms with van der Waals surface area (Å²) in [5, 5.41) is 10.1. The average molecular weight is 346 g/mol. The summed E-state index contributed by atoms with van der Waals surface area (Å²) in [7, 11) is 0. The van der Waals surface area contributed by atoms with E-state index < -0.39 is 0 Å². The number of likely N-dealkylation sites (tertiary alicyclic amines) is 1. The SMILES string of the molecule is O=C(NCCSc1ncn[nH]1)[C@@H]1CC(=O)N(Cc2ccccn2)C1. The number of H-pyrrole nitrogens is 1. The summed E-state index contributed by atoms with van der Waals surface area (Å²) in [5.41, 5.74) is 0.829. The van der Waals surface area contributed by atoms with Gasteiger partial charge in [0.1, 0.15) is 6.33 Å². The fourth-order valence-electron chi connectivity index (χ4n) is 2.52. The standard InChI is InChI=1S/C15H18N6O2S/c22-13-7-11(8-21(13)9-12-3-1-2-4-16-12)14(23)17-5-6-24-15-18-10-19-20-15/h1-4,10-11H,5-9H2,(H,17,23)(H,18,19,20)/t11-/m1/s1. The summed E-state index contributed by atoms with van der Waals surface area (Å²) >= 11 is 1.48. The molecule has 1 atom stereocenters. The van der Waals surface area contributed by atoms with Gasteiger partial charge in [0, 0.05) is 31.5 Å². The van der Waals surface area contributed by atoms with E-state index in [9.17, 15) is 9.59 Å². The maximum Gasteiger partial charge on any atom is 0.225 e. The highest BCUT2D eigenvalue weighted by Gasteiger charge is 2.34. The summed E-state index contributed by atoms with van der Waals surface area (Å²) in [5.74, 6) is 0.317. The van der Waals surface area contributed by atoms with Crippen LogP contribution in [0.1, 0.15) is 12.1 Å². The van der Waals surface area contributed by atoms with Crippen molar-refractivity contribution in [1.82, 2.24) is 30.4 Å². The minimum atomic E-state index is -0.295. The molecular formula is C15H18N6O2S. The topological polar surface area (TPSA) is 104 Å². The lowest BCUT2D eigenvalue weighted by Crippen LogP contribution is -2.34. The smallest absolute Gasteiger partial charge is 0.225 e. The molecule has 0 spiro atoms. The van der Waals surface area contributed by atoms with Crippen molar-refractivity contribution in [2.24, 2.45) is 5.92 Å². The number of thioether (sulfide) groups is 1. The molecule has 0 aromatic carbocycles. The fraction of sp³-hybridized carbons (Fsp3) is 0.400. The van der Waals surface area contributed by atoms with Gasteiger partial charge in [-0.2, -0.15) is 5.10 Å². The molecule has 1 saturated heterocycles. The molecule has 2 N–H and O–H groups in total. The third kappa shape index (κ3) is 4.31. The van der Waals surface area contributed by atoms with Crippen LogP contribution in [0.2, 0.25) is 0 Å². The number of aromatic nitrogens is 4. The molecule has 3 heterocycles. The molecule has 0 unspecified atom stereocenters. The first-order valence-electron chi connectivity index (χ1n) is 7.66. The van der Waals surface area contributed by atoms with Crippen molar-refractivity contribution in [2.45, 2.75) is 18.1 Å². The molecule has 9 heteroatoms. The lowest BCUT2D eigenvalue weighted by molar-refractivity contribution is -0.129. The van der Waals surface area contributed by atoms with Crippen molar-refractivity contribution in [2.75, 3.05) is 18.8 Å². The Kier molecular flexibility index (Phi) is 5.42. The monoisotopic (exact) mass is 346 g/mol. The normalized spacial score (nSPS) is 17.2. The van der Waals surface area contributed by atoms with Crippen LogP contribution in [0.15, 0.2) is 35.9 Å². The summed E-state index contributed by atoms with van der Waals surface area (Å²) < 4.78 is 0. The van der Waals surface area contributed by atoms with Gasteiger partial charge in [-0.3, -0.25) is 19.7 Å². The number of hydrogen-bond donors (Lipinski definition) is 2. The Bertz CT molecular complexity index is 679. The summed E-state index contributed by atoms with van der Waals surface area (Å²) in [6.45, 7) is 1.41. The Balaban J connectivity index is 1.42. The van der Waals surface area contributed by atoms with E-state index in [0.29, 0.717) is 25.4 Å². The molecule has 126 valence electrons. The molecule has 3 rings (SSSR count). The highest BCUT2D eigenvalue weighted by molar-refractivity contribution is 7.99. The molecule has 0 aliphatic carbocycles. The molecule has 2 aromatic heterocycles. The van der Waals surface area contributed by atoms with Crippen molar-refractivity contribution in [3.8, 4) is 0 Å². The van der Waals surface area contributed by atoms with Gasteiger partial charge in [0.25, 0.3) is 0 Å². The number of carbonyl (C=O) groups is 2. The number of pyridine rings is 1. The van der Waals surface area contributed by atoms with Crippen molar-refractivity contribution >= 4 is 23.6 Å². The summed E-state index contributed by atoms with van der Waals surface area (Å²) in [4.78, 5) is 34.2. The van der Waals surface area contributed by atoms with E-state index in [0.717, 1.165) is 10.9 Å². The zero-order valence-electron chi connectivity index (χ0n) is 13.0. The minimum Gasteiger partial charge on any atom is -0.355 e. The molecule has 8 nitrogen and oxygen atoms in total. The molecule has 2 amide bonds. The molecule has 1 fully saturated rings. The number of nitrogens with one attached hydrogen (secondary N) is 2. The Labute approximate surface area is 143 Å². The van der Waals surface area contributed by atoms with Gasteiger partial charge in [-0.25, -0.2) is 4.98 Å². The maximum atomic E-state index is 12.2. The zero-order chi connectivity index (χ0) is 16.8. The van der Waals surface area contributed by atoms with Crippen LogP contribution in [0.3, 0.4) is 0 Å². The van der Waals surface area contributed by atoms with Crippen molar-refractivity contribution in [3.05, 3.63) is 36.4 Å². The van der Waals surface area contributed by atoms with Crippen molar-refractivity contribution in [3.63, 3.8) is 0 Å². The molecule has 24 heavy (non-hydrogen) atoms. The van der Waals surface area contributed by atoms with E-state index in [-0.39, 0.29) is 24.2 Å². The second-order valence-electron chi connectivity index (χ2n) is 5.43. The average Bonchev–Trinajstić information content (AvgIpc) is 3.23. The van der Waals surface area contributed by atoms with Gasteiger partial charge in [-0.1, -0.05) is 17.8 Å². The van der Waals surface area contributed by atoms with E-state index >= 15 is 0 Å². The van der Waals surface area contributed by atoms with E-state index in [2.05, 4.69) is 25.5 Å². The van der Waals surface area contributed by atoms with Crippen LogP contribution in [0, 0.1) is 5.92 Å². The molecule has 2 aromatic rings. The first kappa shape index (κ1) is 16.4. The summed E-state index contributed by atoms with van der Waals surface area (Å²) in [6.07, 6.45) is 3.40. The van der Waals surface area contributed by atoms with E-state index in [1.54, 1.807) is 11.1 Å². The quantitative estimate of drug-likeness (QED) is 0.557. The molecule has 1 aliphatic heterocycles. The number of aromatic amines is 1. The fourth-order valence-corrected chi connectivity index (χ4v) is 3.15. The highest BCUT2D eigenvalue weighted by atomic mass is 32.2. The van der Waals surface area contributed by atoms with Crippen LogP contribution < -0.4 is 5.32 Å². The van der Waals surface area contributed by atoms with Crippen LogP contribution in [0.5, 0.6) is 0 Å². The Morgan fingerprint density at radius 2 is 2.33 bits per heavy atom. The first-order chi connectivity index (χ1) is 11.7. The van der Waals surface area contributed by atoms with E-state index in [1.165, 1.54) is 18.1 Å². The van der Waals surface area contributed by atoms with Crippen LogP contribution in [-0.2, 0) is 16.1 Å². The van der Waals surface area contributed by atoms with Crippen molar-refractivity contribution in [1.29, 1.82) is 0 Å². The lowest BCUT2D eigenvalue weighted by Gasteiger charge is -2.16. The Morgan fingerprint density at radius 3 is 3.08 bits per heavy atom. The third-order valence-corrected chi connectivity index (χ3v) is 4.58. The number of carbonyl (C=O) groups excluding carboxylic acids is 2. The predicted octanol–water partition coefficient (Wildman–Crippen LogP) is 0.457. The number of rotatable bonds is 7. The molecule has 0 radical (unpaired) electrons. The number of hydrogen-bond acceptors (Lipinski definition) is 6. The van der Waals surface area contributed by atoms with E-state index in [4.69, 9.17) is 0 Å². The van der Waals surface area contributed by atoms with Gasteiger partial charge in [0.2, 0.25) is 11.8 Å². The van der Waals surface area contributed by atoms with Crippen LogP contribution in [0.25, 0.3) is 0 Å². The molecule has 1 aliphatic rings. The third-order valence-electron chi connectivity index (χ3n) is 3.70. The van der Waals surface area contributed by atoms with Gasteiger partial charge in [0.15, 0.2) is 5.16 Å². The second kappa shape index (κ2) is 7.91. The van der Waals surface area contributed by atoms with Crippen LogP contribution in [0.4, 0.5) is 0 Å². The molecular weight excluding hydrogens is 328 g/mol. The molecule has 0 saturated carbocycles. The Hall–Kier alpha value is -2.42. The Morgan fingerprint density at radius 1 is 1.42 bits per heavy atom. The maximum absolute atomic E-state index is 12.2. The van der Waals surface area contributed by atoms with Gasteiger partial charge >= 0.3 is 0 Å². The van der Waals surface area contributed by atoms with Gasteiger partial charge in [-0.15, -0.1) is 0 Å². The number of nitrogens with zero attached hydrogens (tertiary/aromatic N) is 4. The first-order valence-corrected chi connectivity index (χ1v) is 8.64. The van der Waals surface area contributed by atoms with E-state index in [1.807, 2.05) is 18.2 Å². The van der Waals surface area contributed by atoms with Crippen molar-refractivity contribution < 1.29 is 9.59 Å². The van der Waals surface area contributed by atoms with Gasteiger partial charge in [-0.05, 0) is 12.1 Å². The van der Waals surface area contributed by atoms with Crippen LogP contribution >= 0.6 is 11.8 Å². The molecule has 0 bridgehead atoms. The lowest BCUT2D eigenvalue weighted by atomic mass is 10.1. The zero-order valence-corrected chi connectivity index (χ0v) is 13.8. The largest absolute Gasteiger partial charge is 0.355 e. The number of amides is 2. The van der Waals surface area contributed by atoms with Gasteiger partial charge < -0.3 is 10.2 Å². The van der Waals surface area contributed by atoms with Crippen LogP contribution in [-0.4, -0.2) is 55.7 Å². The second-order valence-corrected chi connectivity index (χ2v) is 6.51. The highest BCUT2D eigenvalue weighted by Crippen LogP contribution is 2.20. The summed E-state index contributed by atoms with van der Waals surface area (Å²) in [6, 6.07) is 5.60. The predicted molar refractivity (Wildman–Crippen MR) is 87.9 cm³/mol.